The molecule has 0 spiro atoms. The van der Waals surface area contributed by atoms with Gasteiger partial charge in [-0.05, 0) is 45.6 Å². The van der Waals surface area contributed by atoms with Crippen LogP contribution in [0.2, 0.25) is 0 Å². The molecule has 7 nitrogen and oxygen atoms in total. The van der Waals surface area contributed by atoms with Crippen LogP contribution >= 0.6 is 0 Å². The highest BCUT2D eigenvalue weighted by molar-refractivity contribution is 5.77. The summed E-state index contributed by atoms with van der Waals surface area (Å²) in [5, 5.41) is 4.25. The molecule has 1 amide bonds. The van der Waals surface area contributed by atoms with E-state index in [2.05, 4.69) is 15.1 Å². The van der Waals surface area contributed by atoms with E-state index in [1.807, 2.05) is 28.8 Å². The van der Waals surface area contributed by atoms with Crippen molar-refractivity contribution in [2.75, 3.05) is 6.54 Å². The fourth-order valence-corrected chi connectivity index (χ4v) is 3.56. The second kappa shape index (κ2) is 7.63. The maximum Gasteiger partial charge on any atom is 0.254 e. The number of rotatable bonds is 5. The molecule has 3 heterocycles. The average molecular weight is 343 g/mol. The van der Waals surface area contributed by atoms with Gasteiger partial charge in [-0.15, -0.1) is 0 Å². The highest BCUT2D eigenvalue weighted by atomic mass is 16.2. The zero-order valence-corrected chi connectivity index (χ0v) is 14.9. The number of nitrogens with zero attached hydrogens (tertiary/aromatic N) is 4. The molecule has 0 aromatic carbocycles. The molecular formula is C18H25N5O2. The van der Waals surface area contributed by atoms with Gasteiger partial charge in [0.05, 0.1) is 12.6 Å². The fraction of sp³-hybridized carbons (Fsp3) is 0.556. The molecule has 7 heteroatoms. The first-order chi connectivity index (χ1) is 12.0. The molecule has 1 aliphatic rings. The molecule has 0 bridgehead atoms. The first-order valence-electron chi connectivity index (χ1n) is 8.88. The first-order valence-corrected chi connectivity index (χ1v) is 8.88. The minimum absolute atomic E-state index is 0.108. The molecule has 0 radical (unpaired) electrons. The quantitative estimate of drug-likeness (QED) is 0.894. The molecule has 1 saturated heterocycles. The molecular weight excluding hydrogens is 318 g/mol. The lowest BCUT2D eigenvalue weighted by Gasteiger charge is -2.36. The SMILES string of the molecule is Cc1nc(C)c(CCC(=O)N2CCCCC2Cn2cccn2)c(=O)[nH]1. The number of H-pyrrole nitrogens is 1. The van der Waals surface area contributed by atoms with Crippen molar-refractivity contribution in [3.8, 4) is 0 Å². The number of carbonyl (C=O) groups excluding carboxylic acids is 1. The lowest BCUT2D eigenvalue weighted by atomic mass is 10.0. The Labute approximate surface area is 147 Å². The van der Waals surface area contributed by atoms with Crippen molar-refractivity contribution >= 4 is 5.91 Å². The van der Waals surface area contributed by atoms with Crippen molar-refractivity contribution < 1.29 is 4.79 Å². The van der Waals surface area contributed by atoms with Crippen LogP contribution in [-0.2, 0) is 17.8 Å². The molecule has 0 aliphatic carbocycles. The summed E-state index contributed by atoms with van der Waals surface area (Å²) in [6.07, 6.45) is 7.62. The van der Waals surface area contributed by atoms with Crippen molar-refractivity contribution in [1.82, 2.24) is 24.6 Å². The van der Waals surface area contributed by atoms with Gasteiger partial charge in [0.1, 0.15) is 5.82 Å². The van der Waals surface area contributed by atoms with Crippen molar-refractivity contribution in [2.24, 2.45) is 0 Å². The Hall–Kier alpha value is -2.44. The Morgan fingerprint density at radius 3 is 2.92 bits per heavy atom. The van der Waals surface area contributed by atoms with Gasteiger partial charge in [-0.25, -0.2) is 4.98 Å². The Kier molecular flexibility index (Phi) is 5.31. The number of aromatic amines is 1. The molecule has 1 fully saturated rings. The largest absolute Gasteiger partial charge is 0.338 e. The van der Waals surface area contributed by atoms with Crippen LogP contribution in [0.25, 0.3) is 0 Å². The van der Waals surface area contributed by atoms with Crippen molar-refractivity contribution in [2.45, 2.75) is 58.5 Å². The van der Waals surface area contributed by atoms with Gasteiger partial charge in [0.25, 0.3) is 5.56 Å². The van der Waals surface area contributed by atoms with Gasteiger partial charge in [-0.2, -0.15) is 5.10 Å². The van der Waals surface area contributed by atoms with Crippen LogP contribution in [0.3, 0.4) is 0 Å². The third-order valence-electron chi connectivity index (χ3n) is 4.83. The van der Waals surface area contributed by atoms with Gasteiger partial charge < -0.3 is 9.88 Å². The lowest BCUT2D eigenvalue weighted by molar-refractivity contribution is -0.135. The maximum absolute atomic E-state index is 12.8. The number of aromatic nitrogens is 4. The van der Waals surface area contributed by atoms with Gasteiger partial charge >= 0.3 is 0 Å². The summed E-state index contributed by atoms with van der Waals surface area (Å²) in [4.78, 5) is 33.8. The summed E-state index contributed by atoms with van der Waals surface area (Å²) in [7, 11) is 0. The normalized spacial score (nSPS) is 17.7. The van der Waals surface area contributed by atoms with Gasteiger partial charge in [0.2, 0.25) is 5.91 Å². The van der Waals surface area contributed by atoms with Crippen LogP contribution in [0.15, 0.2) is 23.3 Å². The molecule has 2 aromatic heterocycles. The number of piperidine rings is 1. The third-order valence-corrected chi connectivity index (χ3v) is 4.83. The maximum atomic E-state index is 12.8. The second-order valence-corrected chi connectivity index (χ2v) is 6.68. The van der Waals surface area contributed by atoms with E-state index in [9.17, 15) is 9.59 Å². The van der Waals surface area contributed by atoms with Gasteiger partial charge in [0.15, 0.2) is 0 Å². The number of likely N-dealkylation sites (tertiary alicyclic amines) is 1. The Morgan fingerprint density at radius 1 is 1.36 bits per heavy atom. The minimum Gasteiger partial charge on any atom is -0.338 e. The number of hydrogen-bond donors (Lipinski definition) is 1. The monoisotopic (exact) mass is 343 g/mol. The van der Waals surface area contributed by atoms with Crippen LogP contribution in [0.4, 0.5) is 0 Å². The summed E-state index contributed by atoms with van der Waals surface area (Å²) < 4.78 is 1.88. The summed E-state index contributed by atoms with van der Waals surface area (Å²) >= 11 is 0. The smallest absolute Gasteiger partial charge is 0.254 e. The molecule has 3 rings (SSSR count). The lowest BCUT2D eigenvalue weighted by Crippen LogP contribution is -2.46. The molecule has 25 heavy (non-hydrogen) atoms. The second-order valence-electron chi connectivity index (χ2n) is 6.68. The van der Waals surface area contributed by atoms with Gasteiger partial charge in [-0.3, -0.25) is 14.3 Å². The van der Waals surface area contributed by atoms with E-state index < -0.39 is 0 Å². The van der Waals surface area contributed by atoms with E-state index >= 15 is 0 Å². The zero-order valence-electron chi connectivity index (χ0n) is 14.9. The van der Waals surface area contributed by atoms with Crippen molar-refractivity contribution in [1.29, 1.82) is 0 Å². The molecule has 134 valence electrons. The van der Waals surface area contributed by atoms with Gasteiger partial charge in [-0.1, -0.05) is 0 Å². The molecule has 1 unspecified atom stereocenters. The number of amides is 1. The molecule has 2 aromatic rings. The van der Waals surface area contributed by atoms with E-state index in [0.717, 1.165) is 32.4 Å². The van der Waals surface area contributed by atoms with Crippen LogP contribution < -0.4 is 5.56 Å². The van der Waals surface area contributed by atoms with E-state index in [-0.39, 0.29) is 17.5 Å². The Morgan fingerprint density at radius 2 is 2.20 bits per heavy atom. The Bertz CT molecular complexity index is 781. The summed E-state index contributed by atoms with van der Waals surface area (Å²) in [5.41, 5.74) is 1.19. The van der Waals surface area contributed by atoms with Crippen LogP contribution in [-0.4, -0.2) is 43.1 Å². The fourth-order valence-electron chi connectivity index (χ4n) is 3.56. The summed E-state index contributed by atoms with van der Waals surface area (Å²) in [6.45, 7) is 5.09. The predicted octanol–water partition coefficient (Wildman–Crippen LogP) is 1.60. The topological polar surface area (TPSA) is 83.9 Å². The van der Waals surface area contributed by atoms with Crippen LogP contribution in [0, 0.1) is 13.8 Å². The van der Waals surface area contributed by atoms with E-state index in [0.29, 0.717) is 29.9 Å². The number of carbonyl (C=O) groups is 1. The number of hydrogen-bond acceptors (Lipinski definition) is 4. The first kappa shape index (κ1) is 17.4. The average Bonchev–Trinajstić information content (AvgIpc) is 3.07. The summed E-state index contributed by atoms with van der Waals surface area (Å²) in [6, 6.07) is 2.07. The predicted molar refractivity (Wildman–Crippen MR) is 94.2 cm³/mol. The molecule has 1 aliphatic heterocycles. The van der Waals surface area contributed by atoms with Gasteiger partial charge in [0, 0.05) is 36.6 Å². The minimum atomic E-state index is -0.135. The van der Waals surface area contributed by atoms with E-state index in [1.165, 1.54) is 0 Å². The highest BCUT2D eigenvalue weighted by Gasteiger charge is 2.27. The third kappa shape index (κ3) is 4.15. The van der Waals surface area contributed by atoms with Crippen molar-refractivity contribution in [3.05, 3.63) is 45.9 Å². The zero-order chi connectivity index (χ0) is 17.8. The summed E-state index contributed by atoms with van der Waals surface area (Å²) in [5.74, 6) is 0.712. The number of nitrogens with one attached hydrogen (secondary N) is 1. The Balaban J connectivity index is 1.66. The van der Waals surface area contributed by atoms with E-state index in [1.54, 1.807) is 13.1 Å². The number of aryl methyl sites for hydroxylation is 2. The van der Waals surface area contributed by atoms with Crippen LogP contribution in [0.1, 0.15) is 42.8 Å². The molecule has 0 saturated carbocycles. The standard InChI is InChI=1S/C18H25N5O2/c1-13-16(18(25)21-14(2)20-13)7-8-17(24)23-11-4-3-6-15(23)12-22-10-5-9-19-22/h5,9-10,15H,3-4,6-8,11-12H2,1-2H3,(H,20,21,25). The van der Waals surface area contributed by atoms with Crippen molar-refractivity contribution in [3.63, 3.8) is 0 Å². The highest BCUT2D eigenvalue weighted by Crippen LogP contribution is 2.20. The van der Waals surface area contributed by atoms with E-state index in [4.69, 9.17) is 0 Å². The molecule has 1 N–H and O–H groups in total. The van der Waals surface area contributed by atoms with Crippen LogP contribution in [0.5, 0.6) is 0 Å². The molecule has 1 atom stereocenters.